The zero-order valence-corrected chi connectivity index (χ0v) is 11.9. The van der Waals surface area contributed by atoms with Gasteiger partial charge in [-0.25, -0.2) is 0 Å². The van der Waals surface area contributed by atoms with Crippen molar-refractivity contribution in [3.63, 3.8) is 0 Å². The maximum Gasteiger partial charge on any atom is 0.417 e. The third-order valence-electron chi connectivity index (χ3n) is 2.45. The van der Waals surface area contributed by atoms with Crippen molar-refractivity contribution >= 4 is 35.6 Å². The molecule has 0 aliphatic heterocycles. The Morgan fingerprint density at radius 3 is 2.52 bits per heavy atom. The summed E-state index contributed by atoms with van der Waals surface area (Å²) in [6.45, 7) is 0. The van der Waals surface area contributed by atoms with Gasteiger partial charge in [-0.05, 0) is 30.3 Å². The first-order valence-corrected chi connectivity index (χ1v) is 5.84. The summed E-state index contributed by atoms with van der Waals surface area (Å²) >= 11 is 5.49. The Bertz CT molecular complexity index is 633. The van der Waals surface area contributed by atoms with Crippen molar-refractivity contribution in [3.05, 3.63) is 58.9 Å². The van der Waals surface area contributed by atoms with Crippen LogP contribution in [-0.4, -0.2) is 10.9 Å². The topological polar surface area (TPSA) is 42.0 Å². The minimum absolute atomic E-state index is 0. The molecule has 21 heavy (non-hydrogen) atoms. The average Bonchev–Trinajstić information content (AvgIpc) is 2.40. The number of carbonyl (C=O) groups excluding carboxylic acids is 1. The molecule has 0 unspecified atom stereocenters. The van der Waals surface area contributed by atoms with Crippen LogP contribution in [0, 0.1) is 0 Å². The first-order chi connectivity index (χ1) is 9.38. The molecule has 1 aromatic heterocycles. The SMILES string of the molecule is Cl.O=C(Nc1ccc(Cl)c(C(F)(F)F)c1)c1cccnc1. The van der Waals surface area contributed by atoms with Crippen LogP contribution in [0.15, 0.2) is 42.7 Å². The van der Waals surface area contributed by atoms with Gasteiger partial charge in [-0.1, -0.05) is 11.6 Å². The molecule has 1 heterocycles. The summed E-state index contributed by atoms with van der Waals surface area (Å²) in [4.78, 5) is 15.6. The van der Waals surface area contributed by atoms with Gasteiger partial charge in [0, 0.05) is 18.1 Å². The summed E-state index contributed by atoms with van der Waals surface area (Å²) in [5.74, 6) is -0.548. The van der Waals surface area contributed by atoms with Crippen LogP contribution in [0.1, 0.15) is 15.9 Å². The van der Waals surface area contributed by atoms with E-state index >= 15 is 0 Å². The molecule has 0 saturated heterocycles. The molecule has 0 saturated carbocycles. The monoisotopic (exact) mass is 336 g/mol. The lowest BCUT2D eigenvalue weighted by Crippen LogP contribution is -2.13. The van der Waals surface area contributed by atoms with Gasteiger partial charge >= 0.3 is 6.18 Å². The Kier molecular flexibility index (Phi) is 5.57. The molecular formula is C13H9Cl2F3N2O. The second kappa shape index (κ2) is 6.78. The third kappa shape index (κ3) is 4.34. The number of anilines is 1. The van der Waals surface area contributed by atoms with Crippen molar-refractivity contribution in [1.82, 2.24) is 4.98 Å². The van der Waals surface area contributed by atoms with Crippen LogP contribution >= 0.6 is 24.0 Å². The van der Waals surface area contributed by atoms with Crippen LogP contribution in [0.3, 0.4) is 0 Å². The molecule has 0 spiro atoms. The van der Waals surface area contributed by atoms with Crippen molar-refractivity contribution in [1.29, 1.82) is 0 Å². The van der Waals surface area contributed by atoms with E-state index in [0.717, 1.165) is 12.1 Å². The summed E-state index contributed by atoms with van der Waals surface area (Å²) < 4.78 is 38.0. The molecule has 8 heteroatoms. The van der Waals surface area contributed by atoms with Crippen molar-refractivity contribution in [2.45, 2.75) is 6.18 Å². The second-order valence-electron chi connectivity index (χ2n) is 3.89. The Labute approximate surface area is 129 Å². The van der Waals surface area contributed by atoms with Crippen molar-refractivity contribution in [2.75, 3.05) is 5.32 Å². The van der Waals surface area contributed by atoms with Gasteiger partial charge in [0.2, 0.25) is 0 Å². The Hall–Kier alpha value is -1.79. The maximum atomic E-state index is 12.7. The molecule has 112 valence electrons. The van der Waals surface area contributed by atoms with Crippen LogP contribution in [0.4, 0.5) is 18.9 Å². The quantitative estimate of drug-likeness (QED) is 0.881. The van der Waals surface area contributed by atoms with E-state index in [1.165, 1.54) is 24.5 Å². The predicted octanol–water partition coefficient (Wildman–Crippen LogP) is 4.43. The van der Waals surface area contributed by atoms with Crippen molar-refractivity contribution < 1.29 is 18.0 Å². The van der Waals surface area contributed by atoms with Crippen LogP contribution < -0.4 is 5.32 Å². The van der Waals surface area contributed by atoms with Gasteiger partial charge in [-0.3, -0.25) is 9.78 Å². The van der Waals surface area contributed by atoms with Gasteiger partial charge in [0.25, 0.3) is 5.91 Å². The fourth-order valence-corrected chi connectivity index (χ4v) is 1.75. The van der Waals surface area contributed by atoms with Gasteiger partial charge in [0.05, 0.1) is 16.1 Å². The number of amides is 1. The fraction of sp³-hybridized carbons (Fsp3) is 0.0769. The number of hydrogen-bond donors (Lipinski definition) is 1. The molecule has 2 aromatic rings. The first-order valence-electron chi connectivity index (χ1n) is 5.46. The van der Waals surface area contributed by atoms with Gasteiger partial charge in [0.1, 0.15) is 0 Å². The maximum absolute atomic E-state index is 12.7. The van der Waals surface area contributed by atoms with Crippen LogP contribution in [0.2, 0.25) is 5.02 Å². The predicted molar refractivity (Wildman–Crippen MR) is 75.9 cm³/mol. The van der Waals surface area contributed by atoms with Gasteiger partial charge in [0.15, 0.2) is 0 Å². The summed E-state index contributed by atoms with van der Waals surface area (Å²) in [6.07, 6.45) is -1.77. The van der Waals surface area contributed by atoms with Gasteiger partial charge in [-0.15, -0.1) is 12.4 Å². The number of nitrogens with one attached hydrogen (secondary N) is 1. The molecule has 1 amide bonds. The lowest BCUT2D eigenvalue weighted by atomic mass is 10.2. The number of rotatable bonds is 2. The highest BCUT2D eigenvalue weighted by atomic mass is 35.5. The number of benzene rings is 1. The third-order valence-corrected chi connectivity index (χ3v) is 2.78. The number of alkyl halides is 3. The summed E-state index contributed by atoms with van der Waals surface area (Å²) in [7, 11) is 0. The number of aromatic nitrogens is 1. The minimum Gasteiger partial charge on any atom is -0.322 e. The van der Waals surface area contributed by atoms with Gasteiger partial charge < -0.3 is 5.32 Å². The van der Waals surface area contributed by atoms with E-state index in [1.807, 2.05) is 0 Å². The Morgan fingerprint density at radius 2 is 1.95 bits per heavy atom. The number of hydrogen-bond acceptors (Lipinski definition) is 2. The first kappa shape index (κ1) is 17.3. The van der Waals surface area contributed by atoms with Crippen LogP contribution in [0.25, 0.3) is 0 Å². The molecule has 0 radical (unpaired) electrons. The zero-order valence-electron chi connectivity index (χ0n) is 10.3. The minimum atomic E-state index is -4.58. The second-order valence-corrected chi connectivity index (χ2v) is 4.30. The van der Waals surface area contributed by atoms with E-state index in [9.17, 15) is 18.0 Å². The molecule has 1 N–H and O–H groups in total. The lowest BCUT2D eigenvalue weighted by Gasteiger charge is -2.11. The van der Waals surface area contributed by atoms with Crippen molar-refractivity contribution in [2.24, 2.45) is 0 Å². The molecule has 1 aromatic carbocycles. The molecule has 3 nitrogen and oxygen atoms in total. The van der Waals surface area contributed by atoms with E-state index in [4.69, 9.17) is 11.6 Å². The number of pyridine rings is 1. The summed E-state index contributed by atoms with van der Waals surface area (Å²) in [5.41, 5.74) is -0.741. The van der Waals surface area contributed by atoms with Crippen LogP contribution in [-0.2, 0) is 6.18 Å². The van der Waals surface area contributed by atoms with E-state index in [2.05, 4.69) is 10.3 Å². The fourth-order valence-electron chi connectivity index (χ4n) is 1.52. The van der Waals surface area contributed by atoms with E-state index in [0.29, 0.717) is 0 Å². The lowest BCUT2D eigenvalue weighted by molar-refractivity contribution is -0.137. The highest BCUT2D eigenvalue weighted by molar-refractivity contribution is 6.31. The number of halogens is 5. The highest BCUT2D eigenvalue weighted by Crippen LogP contribution is 2.36. The Balaban J connectivity index is 0.00000220. The number of nitrogens with zero attached hydrogens (tertiary/aromatic N) is 1. The average molecular weight is 337 g/mol. The number of carbonyl (C=O) groups is 1. The molecule has 0 atom stereocenters. The largest absolute Gasteiger partial charge is 0.417 e. The van der Waals surface area contributed by atoms with E-state index in [1.54, 1.807) is 6.07 Å². The molecule has 0 aliphatic rings. The Morgan fingerprint density at radius 1 is 1.24 bits per heavy atom. The highest BCUT2D eigenvalue weighted by Gasteiger charge is 2.33. The van der Waals surface area contributed by atoms with Crippen LogP contribution in [0.5, 0.6) is 0 Å². The van der Waals surface area contributed by atoms with E-state index in [-0.39, 0.29) is 23.7 Å². The smallest absolute Gasteiger partial charge is 0.322 e. The molecule has 0 bridgehead atoms. The molecular weight excluding hydrogens is 328 g/mol. The summed E-state index contributed by atoms with van der Waals surface area (Å²) in [5, 5.41) is 1.94. The van der Waals surface area contributed by atoms with Crippen molar-refractivity contribution in [3.8, 4) is 0 Å². The normalized spacial score (nSPS) is 10.7. The van der Waals surface area contributed by atoms with Gasteiger partial charge in [-0.2, -0.15) is 13.2 Å². The zero-order chi connectivity index (χ0) is 14.8. The molecule has 2 rings (SSSR count). The standard InChI is InChI=1S/C13H8ClF3N2O.ClH/c14-11-4-3-9(6-10(11)13(15,16)17)19-12(20)8-2-1-5-18-7-8;/h1-7H,(H,19,20);1H. The van der Waals surface area contributed by atoms with E-state index < -0.39 is 22.7 Å². The summed E-state index contributed by atoms with van der Waals surface area (Å²) in [6, 6.07) is 6.23. The molecule has 0 aliphatic carbocycles. The molecule has 0 fully saturated rings.